The van der Waals surface area contributed by atoms with Crippen LogP contribution in [0.15, 0.2) is 29.3 Å². The van der Waals surface area contributed by atoms with Gasteiger partial charge >= 0.3 is 0 Å². The van der Waals surface area contributed by atoms with Crippen LogP contribution >= 0.6 is 35.6 Å². The minimum absolute atomic E-state index is 0. The monoisotopic (exact) mass is 383 g/mol. The van der Waals surface area contributed by atoms with Crippen LogP contribution < -0.4 is 15.4 Å². The zero-order valence-electron chi connectivity index (χ0n) is 10.7. The normalized spacial score (nSPS) is 12.3. The Hall–Kier alpha value is -0.690. The molecule has 0 spiro atoms. The fourth-order valence-corrected chi connectivity index (χ4v) is 1.43. The molecule has 102 valence electrons. The summed E-state index contributed by atoms with van der Waals surface area (Å²) in [5, 5.41) is 6.79. The molecular weight excluding hydrogens is 365 g/mol. The molecule has 0 radical (unpaired) electrons. The molecule has 1 unspecified atom stereocenters. The highest BCUT2D eigenvalue weighted by molar-refractivity contribution is 14.0. The molecule has 4 nitrogen and oxygen atoms in total. The van der Waals surface area contributed by atoms with Crippen molar-refractivity contribution in [3.8, 4) is 5.75 Å². The summed E-state index contributed by atoms with van der Waals surface area (Å²) in [5.74, 6) is 1.56. The number of nitrogens with zero attached hydrogens (tertiary/aromatic N) is 1. The number of hydrogen-bond donors (Lipinski definition) is 2. The van der Waals surface area contributed by atoms with Crippen LogP contribution in [-0.2, 0) is 0 Å². The van der Waals surface area contributed by atoms with E-state index < -0.39 is 0 Å². The van der Waals surface area contributed by atoms with Crippen molar-refractivity contribution in [1.82, 2.24) is 10.6 Å². The number of halogens is 2. The fraction of sp³-hybridized carbons (Fsp3) is 0.417. The Bertz CT molecular complexity index is 370. The average Bonchev–Trinajstić information content (AvgIpc) is 2.33. The smallest absolute Gasteiger partial charge is 0.190 e. The summed E-state index contributed by atoms with van der Waals surface area (Å²) < 4.78 is 5.70. The molecule has 18 heavy (non-hydrogen) atoms. The van der Waals surface area contributed by atoms with Crippen LogP contribution in [0.3, 0.4) is 0 Å². The highest BCUT2D eigenvalue weighted by Crippen LogP contribution is 2.16. The standard InChI is InChI=1S/C12H18ClN3O.HI/c1-9(8-16-12(14-2)15-3)17-11-6-4-10(13)5-7-11;/h4-7,9H,8H2,1-3H3,(H2,14,15,16);1H. The molecule has 0 saturated heterocycles. The Morgan fingerprint density at radius 2 is 2.00 bits per heavy atom. The largest absolute Gasteiger partial charge is 0.489 e. The summed E-state index contributed by atoms with van der Waals surface area (Å²) in [6.45, 7) is 2.67. The molecular formula is C12H19ClIN3O. The fourth-order valence-electron chi connectivity index (χ4n) is 1.31. The Morgan fingerprint density at radius 3 is 2.50 bits per heavy atom. The molecule has 1 aromatic carbocycles. The van der Waals surface area contributed by atoms with Crippen LogP contribution in [0.1, 0.15) is 6.92 Å². The number of aliphatic imine (C=N–C) groups is 1. The first-order valence-corrected chi connectivity index (χ1v) is 5.84. The highest BCUT2D eigenvalue weighted by Gasteiger charge is 2.04. The molecule has 0 aliphatic rings. The highest BCUT2D eigenvalue weighted by atomic mass is 127. The average molecular weight is 384 g/mol. The van der Waals surface area contributed by atoms with E-state index in [0.717, 1.165) is 11.7 Å². The molecule has 1 aromatic rings. The van der Waals surface area contributed by atoms with Gasteiger partial charge in [-0.05, 0) is 31.2 Å². The van der Waals surface area contributed by atoms with Gasteiger partial charge in [0.15, 0.2) is 5.96 Å². The topological polar surface area (TPSA) is 45.7 Å². The third kappa shape index (κ3) is 6.30. The van der Waals surface area contributed by atoms with E-state index in [1.165, 1.54) is 0 Å². The minimum Gasteiger partial charge on any atom is -0.489 e. The minimum atomic E-state index is 0. The van der Waals surface area contributed by atoms with E-state index in [1.54, 1.807) is 7.05 Å². The van der Waals surface area contributed by atoms with Crippen molar-refractivity contribution in [3.05, 3.63) is 29.3 Å². The van der Waals surface area contributed by atoms with Crippen LogP contribution in [0.5, 0.6) is 5.75 Å². The van der Waals surface area contributed by atoms with Crippen LogP contribution in [0.2, 0.25) is 5.02 Å². The van der Waals surface area contributed by atoms with Crippen molar-refractivity contribution in [2.75, 3.05) is 20.6 Å². The lowest BCUT2D eigenvalue weighted by molar-refractivity contribution is 0.224. The SMILES string of the molecule is CN=C(NC)NCC(C)Oc1ccc(Cl)cc1.I. The van der Waals surface area contributed by atoms with Gasteiger partial charge < -0.3 is 15.4 Å². The molecule has 6 heteroatoms. The van der Waals surface area contributed by atoms with Crippen molar-refractivity contribution < 1.29 is 4.74 Å². The number of nitrogens with one attached hydrogen (secondary N) is 2. The number of rotatable bonds is 4. The first-order valence-electron chi connectivity index (χ1n) is 5.46. The zero-order chi connectivity index (χ0) is 12.7. The van der Waals surface area contributed by atoms with E-state index in [4.69, 9.17) is 16.3 Å². The predicted octanol–water partition coefficient (Wildman–Crippen LogP) is 2.52. The van der Waals surface area contributed by atoms with Crippen LogP contribution in [0.4, 0.5) is 0 Å². The van der Waals surface area contributed by atoms with E-state index in [1.807, 2.05) is 38.2 Å². The van der Waals surface area contributed by atoms with Gasteiger partial charge in [0.1, 0.15) is 11.9 Å². The van der Waals surface area contributed by atoms with E-state index in [0.29, 0.717) is 11.6 Å². The summed E-state index contributed by atoms with van der Waals surface area (Å²) in [5.41, 5.74) is 0. The Labute approximate surface area is 130 Å². The number of hydrogen-bond acceptors (Lipinski definition) is 2. The first-order chi connectivity index (χ1) is 8.15. The number of guanidine groups is 1. The van der Waals surface area contributed by atoms with E-state index >= 15 is 0 Å². The Balaban J connectivity index is 0.00000289. The molecule has 0 saturated carbocycles. The van der Waals surface area contributed by atoms with Crippen molar-refractivity contribution in [2.24, 2.45) is 4.99 Å². The molecule has 0 aliphatic heterocycles. The molecule has 0 aliphatic carbocycles. The van der Waals surface area contributed by atoms with Crippen molar-refractivity contribution in [2.45, 2.75) is 13.0 Å². The van der Waals surface area contributed by atoms with Gasteiger partial charge in [-0.2, -0.15) is 0 Å². The van der Waals surface area contributed by atoms with Gasteiger partial charge in [-0.1, -0.05) is 11.6 Å². The Morgan fingerprint density at radius 1 is 1.39 bits per heavy atom. The van der Waals surface area contributed by atoms with Crippen LogP contribution in [0, 0.1) is 0 Å². The summed E-state index contributed by atoms with van der Waals surface area (Å²) in [4.78, 5) is 4.02. The van der Waals surface area contributed by atoms with E-state index in [2.05, 4.69) is 15.6 Å². The molecule has 1 atom stereocenters. The van der Waals surface area contributed by atoms with Crippen molar-refractivity contribution in [1.29, 1.82) is 0 Å². The van der Waals surface area contributed by atoms with Gasteiger partial charge in [0.25, 0.3) is 0 Å². The third-order valence-corrected chi connectivity index (χ3v) is 2.42. The van der Waals surface area contributed by atoms with Crippen LogP contribution in [-0.4, -0.2) is 32.7 Å². The van der Waals surface area contributed by atoms with Crippen molar-refractivity contribution in [3.63, 3.8) is 0 Å². The maximum Gasteiger partial charge on any atom is 0.190 e. The summed E-state index contributed by atoms with van der Waals surface area (Å²) in [6, 6.07) is 7.32. The van der Waals surface area contributed by atoms with Crippen LogP contribution in [0.25, 0.3) is 0 Å². The molecule has 1 rings (SSSR count). The maximum atomic E-state index is 5.80. The van der Waals surface area contributed by atoms with Gasteiger partial charge in [-0.15, -0.1) is 24.0 Å². The zero-order valence-corrected chi connectivity index (χ0v) is 13.8. The first kappa shape index (κ1) is 17.3. The van der Waals surface area contributed by atoms with Gasteiger partial charge in [0.05, 0.1) is 6.54 Å². The predicted molar refractivity (Wildman–Crippen MR) is 87.4 cm³/mol. The number of ether oxygens (including phenoxy) is 1. The molecule has 0 heterocycles. The quantitative estimate of drug-likeness (QED) is 0.477. The van der Waals surface area contributed by atoms with Crippen molar-refractivity contribution >= 4 is 41.5 Å². The summed E-state index contributed by atoms with van der Waals surface area (Å²) in [6.07, 6.45) is 0.0428. The Kier molecular flexibility index (Phi) is 8.91. The molecule has 0 bridgehead atoms. The number of benzene rings is 1. The lowest BCUT2D eigenvalue weighted by Gasteiger charge is -2.16. The maximum absolute atomic E-state index is 5.80. The summed E-state index contributed by atoms with van der Waals surface area (Å²) in [7, 11) is 3.55. The van der Waals surface area contributed by atoms with Gasteiger partial charge in [-0.25, -0.2) is 0 Å². The second-order valence-electron chi connectivity index (χ2n) is 3.59. The van der Waals surface area contributed by atoms with Gasteiger partial charge in [0, 0.05) is 19.1 Å². The lowest BCUT2D eigenvalue weighted by atomic mass is 10.3. The molecule has 0 fully saturated rings. The van der Waals surface area contributed by atoms with Gasteiger partial charge in [0.2, 0.25) is 0 Å². The van der Waals surface area contributed by atoms with E-state index in [9.17, 15) is 0 Å². The van der Waals surface area contributed by atoms with E-state index in [-0.39, 0.29) is 30.1 Å². The molecule has 0 amide bonds. The third-order valence-electron chi connectivity index (χ3n) is 2.17. The second kappa shape index (κ2) is 9.27. The lowest BCUT2D eigenvalue weighted by Crippen LogP contribution is -2.40. The molecule has 0 aromatic heterocycles. The second-order valence-corrected chi connectivity index (χ2v) is 4.02. The summed E-state index contributed by atoms with van der Waals surface area (Å²) >= 11 is 5.80. The molecule has 2 N–H and O–H groups in total. The van der Waals surface area contributed by atoms with Gasteiger partial charge in [-0.3, -0.25) is 4.99 Å².